The van der Waals surface area contributed by atoms with Gasteiger partial charge < -0.3 is 9.64 Å². The summed E-state index contributed by atoms with van der Waals surface area (Å²) in [6, 6.07) is 18.5. The smallest absolute Gasteiger partial charge is 0.150 e. The maximum absolute atomic E-state index is 11.9. The maximum Gasteiger partial charge on any atom is 0.150 e. The number of rotatable bonds is 6. The summed E-state index contributed by atoms with van der Waals surface area (Å²) >= 11 is 1.68. The second-order valence-electron chi connectivity index (χ2n) is 6.90. The number of methoxy groups -OCH3 is 1. The van der Waals surface area contributed by atoms with Crippen LogP contribution >= 0.6 is 11.3 Å². The van der Waals surface area contributed by atoms with E-state index in [0.717, 1.165) is 36.1 Å². The van der Waals surface area contributed by atoms with Crippen LogP contribution < -0.4 is 9.64 Å². The Labute approximate surface area is 169 Å². The lowest BCUT2D eigenvalue weighted by atomic mass is 9.99. The van der Waals surface area contributed by atoms with Crippen LogP contribution in [0.2, 0.25) is 0 Å². The van der Waals surface area contributed by atoms with E-state index in [2.05, 4.69) is 40.6 Å². The van der Waals surface area contributed by atoms with Gasteiger partial charge >= 0.3 is 0 Å². The summed E-state index contributed by atoms with van der Waals surface area (Å²) in [4.78, 5) is 15.5. The Morgan fingerprint density at radius 3 is 2.50 bits per heavy atom. The quantitative estimate of drug-likeness (QED) is 0.305. The zero-order chi connectivity index (χ0) is 19.3. The Balaban J connectivity index is 1.67. The first-order valence-electron chi connectivity index (χ1n) is 9.52. The number of benzene rings is 2. The fourth-order valence-corrected chi connectivity index (χ4v) is 4.37. The molecule has 0 spiro atoms. The van der Waals surface area contributed by atoms with E-state index in [1.165, 1.54) is 23.4 Å². The van der Waals surface area contributed by atoms with Crippen LogP contribution in [0.1, 0.15) is 24.0 Å². The number of aldehydes is 1. The molecular formula is C24H23NO2S. The minimum atomic E-state index is 0.615. The Kier molecular flexibility index (Phi) is 5.58. The predicted molar refractivity (Wildman–Crippen MR) is 118 cm³/mol. The zero-order valence-corrected chi connectivity index (χ0v) is 16.7. The molecule has 28 heavy (non-hydrogen) atoms. The van der Waals surface area contributed by atoms with Crippen LogP contribution in [0, 0.1) is 0 Å². The molecule has 0 radical (unpaired) electrons. The van der Waals surface area contributed by atoms with Gasteiger partial charge in [-0.2, -0.15) is 0 Å². The fourth-order valence-electron chi connectivity index (χ4n) is 3.64. The average molecular weight is 390 g/mol. The van der Waals surface area contributed by atoms with E-state index in [9.17, 15) is 4.79 Å². The van der Waals surface area contributed by atoms with Gasteiger partial charge in [-0.1, -0.05) is 18.2 Å². The molecule has 0 bridgehead atoms. The van der Waals surface area contributed by atoms with Crippen molar-refractivity contribution in [1.82, 2.24) is 0 Å². The number of carbonyl (C=O) groups is 1. The second-order valence-corrected chi connectivity index (χ2v) is 7.84. The summed E-state index contributed by atoms with van der Waals surface area (Å²) < 4.78 is 5.52. The van der Waals surface area contributed by atoms with Crippen molar-refractivity contribution < 1.29 is 9.53 Å². The van der Waals surface area contributed by atoms with E-state index in [-0.39, 0.29) is 0 Å². The van der Waals surface area contributed by atoms with Gasteiger partial charge in [0.05, 0.1) is 7.11 Å². The summed E-state index contributed by atoms with van der Waals surface area (Å²) in [6.07, 6.45) is 5.36. The molecule has 2 heterocycles. The summed E-state index contributed by atoms with van der Waals surface area (Å²) in [5.74, 6) is 0.701. The molecule has 3 nitrogen and oxygen atoms in total. The van der Waals surface area contributed by atoms with Gasteiger partial charge in [-0.15, -0.1) is 11.3 Å². The van der Waals surface area contributed by atoms with Crippen LogP contribution in [0.3, 0.4) is 0 Å². The van der Waals surface area contributed by atoms with Gasteiger partial charge in [-0.25, -0.2) is 0 Å². The average Bonchev–Trinajstić information content (AvgIpc) is 3.46. The second kappa shape index (κ2) is 8.44. The van der Waals surface area contributed by atoms with Crippen molar-refractivity contribution in [1.29, 1.82) is 0 Å². The van der Waals surface area contributed by atoms with E-state index in [1.54, 1.807) is 18.4 Å². The molecule has 142 valence electrons. The van der Waals surface area contributed by atoms with Gasteiger partial charge in [0.1, 0.15) is 5.75 Å². The van der Waals surface area contributed by atoms with Crippen LogP contribution in [0.5, 0.6) is 5.75 Å². The fraction of sp³-hybridized carbons (Fsp3) is 0.208. The minimum Gasteiger partial charge on any atom is -0.496 e. The van der Waals surface area contributed by atoms with E-state index < -0.39 is 0 Å². The lowest BCUT2D eigenvalue weighted by molar-refractivity contribution is -0.103. The molecule has 4 heteroatoms. The number of hydrogen-bond donors (Lipinski definition) is 0. The zero-order valence-electron chi connectivity index (χ0n) is 15.9. The first-order valence-corrected chi connectivity index (χ1v) is 10.4. The first-order chi connectivity index (χ1) is 13.8. The molecule has 0 N–H and O–H groups in total. The van der Waals surface area contributed by atoms with Gasteiger partial charge in [0.15, 0.2) is 6.29 Å². The number of carbonyl (C=O) groups excluding carboxylic acids is 1. The van der Waals surface area contributed by atoms with Crippen molar-refractivity contribution in [2.45, 2.75) is 12.8 Å². The Morgan fingerprint density at radius 2 is 1.86 bits per heavy atom. The number of thiophene rings is 1. The largest absolute Gasteiger partial charge is 0.496 e. The third kappa shape index (κ3) is 3.87. The third-order valence-electron chi connectivity index (χ3n) is 5.13. The molecule has 4 rings (SSSR count). The maximum atomic E-state index is 11.9. The monoisotopic (exact) mass is 389 g/mol. The predicted octanol–water partition coefficient (Wildman–Crippen LogP) is 5.76. The molecule has 0 amide bonds. The van der Waals surface area contributed by atoms with Gasteiger partial charge in [-0.3, -0.25) is 4.79 Å². The van der Waals surface area contributed by atoms with E-state index in [0.29, 0.717) is 11.3 Å². The number of nitrogens with zero attached hydrogens (tertiary/aromatic N) is 1. The Morgan fingerprint density at radius 1 is 1.07 bits per heavy atom. The van der Waals surface area contributed by atoms with Crippen LogP contribution in [0.15, 0.2) is 60.0 Å². The van der Waals surface area contributed by atoms with Crippen LogP contribution in [0.4, 0.5) is 5.69 Å². The molecule has 3 aromatic rings. The highest BCUT2D eigenvalue weighted by Crippen LogP contribution is 2.33. The molecule has 1 fully saturated rings. The molecular weight excluding hydrogens is 366 g/mol. The molecule has 0 aliphatic carbocycles. The lowest BCUT2D eigenvalue weighted by Crippen LogP contribution is -2.17. The minimum absolute atomic E-state index is 0.615. The van der Waals surface area contributed by atoms with E-state index in [4.69, 9.17) is 4.74 Å². The van der Waals surface area contributed by atoms with Crippen molar-refractivity contribution in [3.05, 3.63) is 71.1 Å². The molecule has 0 unspecified atom stereocenters. The highest BCUT2D eigenvalue weighted by molar-refractivity contribution is 7.13. The molecule has 0 atom stereocenters. The standard InChI is InChI=1S/C24H23NO2S/c1-27-23-11-8-19(24-5-4-14-28-24)16-22(23)20(17-26)15-18-6-9-21(10-7-18)25-12-2-3-13-25/h4-11,14-17H,2-3,12-13H2,1H3/b20-15-. The Bertz CT molecular complexity index is 968. The van der Waals surface area contributed by atoms with Crippen LogP contribution in [0.25, 0.3) is 22.1 Å². The number of ether oxygens (including phenoxy) is 1. The van der Waals surface area contributed by atoms with E-state index in [1.807, 2.05) is 30.3 Å². The molecule has 1 aliphatic rings. The van der Waals surface area contributed by atoms with Gasteiger partial charge in [0.25, 0.3) is 0 Å². The van der Waals surface area contributed by atoms with Gasteiger partial charge in [-0.05, 0) is 71.8 Å². The summed E-state index contributed by atoms with van der Waals surface area (Å²) in [5.41, 5.74) is 4.77. The molecule has 1 aromatic heterocycles. The van der Waals surface area contributed by atoms with Crippen molar-refractivity contribution >= 4 is 35.0 Å². The molecule has 1 saturated heterocycles. The lowest BCUT2D eigenvalue weighted by Gasteiger charge is -2.17. The van der Waals surface area contributed by atoms with Crippen LogP contribution in [-0.2, 0) is 4.79 Å². The molecule has 2 aromatic carbocycles. The number of allylic oxidation sites excluding steroid dienone is 1. The third-order valence-corrected chi connectivity index (χ3v) is 6.05. The molecule has 1 aliphatic heterocycles. The van der Waals surface area contributed by atoms with Gasteiger partial charge in [0, 0.05) is 34.8 Å². The van der Waals surface area contributed by atoms with Crippen molar-refractivity contribution in [2.24, 2.45) is 0 Å². The SMILES string of the molecule is COc1ccc(-c2cccs2)cc1/C(C=O)=C\c1ccc(N2CCCC2)cc1. The summed E-state index contributed by atoms with van der Waals surface area (Å²) in [7, 11) is 1.64. The topological polar surface area (TPSA) is 29.5 Å². The summed E-state index contributed by atoms with van der Waals surface area (Å²) in [5, 5.41) is 2.05. The van der Waals surface area contributed by atoms with Crippen molar-refractivity contribution in [3.8, 4) is 16.2 Å². The highest BCUT2D eigenvalue weighted by Gasteiger charge is 2.13. The Hall–Kier alpha value is -2.85. The van der Waals surface area contributed by atoms with Crippen molar-refractivity contribution in [3.63, 3.8) is 0 Å². The highest BCUT2D eigenvalue weighted by atomic mass is 32.1. The normalized spacial score (nSPS) is 14.3. The summed E-state index contributed by atoms with van der Waals surface area (Å²) in [6.45, 7) is 2.25. The van der Waals surface area contributed by atoms with Crippen molar-refractivity contribution in [2.75, 3.05) is 25.1 Å². The number of anilines is 1. The first kappa shape index (κ1) is 18.5. The molecule has 0 saturated carbocycles. The van der Waals surface area contributed by atoms with Gasteiger partial charge in [0.2, 0.25) is 0 Å². The van der Waals surface area contributed by atoms with Crippen LogP contribution in [-0.4, -0.2) is 26.5 Å². The van der Waals surface area contributed by atoms with E-state index >= 15 is 0 Å². The number of hydrogen-bond acceptors (Lipinski definition) is 4.